The molecule has 0 spiro atoms. The number of hydrogen-bond donors (Lipinski definition) is 1. The molecule has 0 radical (unpaired) electrons. The van der Waals surface area contributed by atoms with Gasteiger partial charge in [0.05, 0.1) is 18.3 Å². The molecule has 1 aliphatic carbocycles. The molecule has 1 rings (SSSR count). The summed E-state index contributed by atoms with van der Waals surface area (Å²) in [7, 11) is 0. The highest BCUT2D eigenvalue weighted by Gasteiger charge is 2.34. The summed E-state index contributed by atoms with van der Waals surface area (Å²) in [4.78, 5) is 0. The minimum absolute atomic E-state index is 0.0578. The Balaban J connectivity index is 2.27. The Labute approximate surface area is 113 Å². The molecule has 0 heterocycles. The molecule has 0 aliphatic heterocycles. The molecule has 0 saturated heterocycles. The molecule has 0 aromatic carbocycles. The van der Waals surface area contributed by atoms with E-state index in [4.69, 9.17) is 4.74 Å². The largest absolute Gasteiger partial charge is 0.390 e. The Hall–Kier alpha value is -0.0800. The van der Waals surface area contributed by atoms with Crippen LogP contribution in [0.5, 0.6) is 0 Å². The molecule has 1 fully saturated rings. The second-order valence-electron chi connectivity index (χ2n) is 6.38. The van der Waals surface area contributed by atoms with Crippen molar-refractivity contribution >= 4 is 0 Å². The number of ether oxygens (including phenoxy) is 1. The van der Waals surface area contributed by atoms with Crippen molar-refractivity contribution in [3.63, 3.8) is 0 Å². The molecule has 2 heteroatoms. The summed E-state index contributed by atoms with van der Waals surface area (Å²) < 4.78 is 6.09. The van der Waals surface area contributed by atoms with Gasteiger partial charge in [-0.15, -0.1) is 0 Å². The van der Waals surface area contributed by atoms with E-state index in [9.17, 15) is 5.11 Å². The molecular weight excluding hydrogens is 224 g/mol. The summed E-state index contributed by atoms with van der Waals surface area (Å²) in [5, 5.41) is 10.1. The van der Waals surface area contributed by atoms with Gasteiger partial charge >= 0.3 is 0 Å². The molecule has 1 aliphatic rings. The minimum atomic E-state index is -0.262. The Kier molecular flexibility index (Phi) is 7.25. The average Bonchev–Trinajstić information content (AvgIpc) is 2.29. The maximum absolute atomic E-state index is 10.1. The van der Waals surface area contributed by atoms with Crippen molar-refractivity contribution in [3.8, 4) is 0 Å². The Morgan fingerprint density at radius 3 is 2.50 bits per heavy atom. The molecule has 1 saturated carbocycles. The Bertz CT molecular complexity index is 205. The molecule has 0 aromatic heterocycles. The molecule has 18 heavy (non-hydrogen) atoms. The standard InChI is InChI=1S/C16H32O2/c1-5-6-7-8-9-14(4)18-16-13(3)10-12(2)11-15(16)17/h12-17H,5-11H2,1-4H3. The van der Waals surface area contributed by atoms with Gasteiger partial charge < -0.3 is 9.84 Å². The van der Waals surface area contributed by atoms with Gasteiger partial charge in [0.1, 0.15) is 0 Å². The van der Waals surface area contributed by atoms with E-state index in [0.29, 0.717) is 11.8 Å². The van der Waals surface area contributed by atoms with Crippen LogP contribution in [0.2, 0.25) is 0 Å². The van der Waals surface area contributed by atoms with Gasteiger partial charge in [0, 0.05) is 0 Å². The van der Waals surface area contributed by atoms with Crippen LogP contribution in [-0.4, -0.2) is 23.4 Å². The SMILES string of the molecule is CCCCCCC(C)OC1C(C)CC(C)CC1O. The van der Waals surface area contributed by atoms with Gasteiger partial charge in [-0.3, -0.25) is 0 Å². The number of hydrogen-bond acceptors (Lipinski definition) is 2. The summed E-state index contributed by atoms with van der Waals surface area (Å²) in [6.07, 6.45) is 8.47. The van der Waals surface area contributed by atoms with Crippen LogP contribution in [0.15, 0.2) is 0 Å². The maximum Gasteiger partial charge on any atom is 0.0863 e. The Morgan fingerprint density at radius 1 is 1.17 bits per heavy atom. The van der Waals surface area contributed by atoms with E-state index in [1.807, 2.05) is 0 Å². The van der Waals surface area contributed by atoms with E-state index in [1.165, 1.54) is 32.1 Å². The number of aliphatic hydroxyl groups is 1. The first-order chi connectivity index (χ1) is 8.54. The van der Waals surface area contributed by atoms with Crippen LogP contribution >= 0.6 is 0 Å². The molecule has 2 nitrogen and oxygen atoms in total. The minimum Gasteiger partial charge on any atom is -0.390 e. The van der Waals surface area contributed by atoms with Gasteiger partial charge in [-0.25, -0.2) is 0 Å². The van der Waals surface area contributed by atoms with Gasteiger partial charge in [0.2, 0.25) is 0 Å². The lowest BCUT2D eigenvalue weighted by molar-refractivity contribution is -0.123. The van der Waals surface area contributed by atoms with Crippen molar-refractivity contribution in [1.29, 1.82) is 0 Å². The summed E-state index contributed by atoms with van der Waals surface area (Å²) in [6, 6.07) is 0. The first-order valence-electron chi connectivity index (χ1n) is 7.88. The monoisotopic (exact) mass is 256 g/mol. The van der Waals surface area contributed by atoms with Crippen LogP contribution in [0.4, 0.5) is 0 Å². The smallest absolute Gasteiger partial charge is 0.0863 e. The molecule has 0 amide bonds. The zero-order valence-corrected chi connectivity index (χ0v) is 12.7. The van der Waals surface area contributed by atoms with Crippen molar-refractivity contribution in [3.05, 3.63) is 0 Å². The first-order valence-corrected chi connectivity index (χ1v) is 7.88. The van der Waals surface area contributed by atoms with Crippen molar-refractivity contribution in [1.82, 2.24) is 0 Å². The molecule has 5 unspecified atom stereocenters. The van der Waals surface area contributed by atoms with Gasteiger partial charge in [0.25, 0.3) is 0 Å². The fourth-order valence-electron chi connectivity index (χ4n) is 3.21. The molecule has 0 bridgehead atoms. The predicted molar refractivity (Wildman–Crippen MR) is 76.7 cm³/mol. The van der Waals surface area contributed by atoms with Crippen LogP contribution < -0.4 is 0 Å². The van der Waals surface area contributed by atoms with Crippen LogP contribution in [0.1, 0.15) is 72.6 Å². The predicted octanol–water partition coefficient (Wildman–Crippen LogP) is 4.16. The second-order valence-corrected chi connectivity index (χ2v) is 6.38. The lowest BCUT2D eigenvalue weighted by Crippen LogP contribution is -2.42. The zero-order valence-electron chi connectivity index (χ0n) is 12.7. The van der Waals surface area contributed by atoms with Crippen molar-refractivity contribution < 1.29 is 9.84 Å². The van der Waals surface area contributed by atoms with Crippen molar-refractivity contribution in [2.24, 2.45) is 11.8 Å². The summed E-state index contributed by atoms with van der Waals surface area (Å²) in [5.74, 6) is 1.12. The second kappa shape index (κ2) is 8.16. The van der Waals surface area contributed by atoms with E-state index in [-0.39, 0.29) is 18.3 Å². The van der Waals surface area contributed by atoms with E-state index in [1.54, 1.807) is 0 Å². The quantitative estimate of drug-likeness (QED) is 0.693. The van der Waals surface area contributed by atoms with E-state index in [0.717, 1.165) is 12.8 Å². The third kappa shape index (κ3) is 5.27. The maximum atomic E-state index is 10.1. The fraction of sp³-hybridized carbons (Fsp3) is 1.00. The van der Waals surface area contributed by atoms with Gasteiger partial charge in [0.15, 0.2) is 0 Å². The number of unbranched alkanes of at least 4 members (excludes halogenated alkanes) is 3. The highest BCUT2D eigenvalue weighted by Crippen LogP contribution is 2.32. The summed E-state index contributed by atoms with van der Waals surface area (Å²) in [5.41, 5.74) is 0. The third-order valence-corrected chi connectivity index (χ3v) is 4.21. The lowest BCUT2D eigenvalue weighted by Gasteiger charge is -2.38. The molecule has 1 N–H and O–H groups in total. The number of aliphatic hydroxyl groups excluding tert-OH is 1. The van der Waals surface area contributed by atoms with Crippen LogP contribution in [-0.2, 0) is 4.74 Å². The van der Waals surface area contributed by atoms with E-state index >= 15 is 0 Å². The number of rotatable bonds is 7. The van der Waals surface area contributed by atoms with E-state index in [2.05, 4.69) is 27.7 Å². The van der Waals surface area contributed by atoms with Crippen molar-refractivity contribution in [2.45, 2.75) is 91.0 Å². The highest BCUT2D eigenvalue weighted by atomic mass is 16.5. The first kappa shape index (κ1) is 16.0. The van der Waals surface area contributed by atoms with E-state index < -0.39 is 0 Å². The lowest BCUT2D eigenvalue weighted by atomic mass is 9.79. The normalized spacial score (nSPS) is 34.5. The Morgan fingerprint density at radius 2 is 1.89 bits per heavy atom. The van der Waals surface area contributed by atoms with Crippen LogP contribution in [0.25, 0.3) is 0 Å². The van der Waals surface area contributed by atoms with Gasteiger partial charge in [-0.05, 0) is 38.0 Å². The topological polar surface area (TPSA) is 29.5 Å². The highest BCUT2D eigenvalue weighted by molar-refractivity contribution is 4.84. The fourth-order valence-corrected chi connectivity index (χ4v) is 3.21. The molecular formula is C16H32O2. The zero-order chi connectivity index (χ0) is 13.5. The van der Waals surface area contributed by atoms with Crippen LogP contribution in [0, 0.1) is 11.8 Å². The van der Waals surface area contributed by atoms with Crippen molar-refractivity contribution in [2.75, 3.05) is 0 Å². The molecule has 108 valence electrons. The summed E-state index contributed by atoms with van der Waals surface area (Å²) >= 11 is 0. The van der Waals surface area contributed by atoms with Gasteiger partial charge in [-0.2, -0.15) is 0 Å². The third-order valence-electron chi connectivity index (χ3n) is 4.21. The average molecular weight is 256 g/mol. The van der Waals surface area contributed by atoms with Crippen LogP contribution in [0.3, 0.4) is 0 Å². The molecule has 0 aromatic rings. The summed E-state index contributed by atoms with van der Waals surface area (Å²) in [6.45, 7) is 8.84. The molecule has 5 atom stereocenters. The van der Waals surface area contributed by atoms with Gasteiger partial charge in [-0.1, -0.05) is 46.5 Å².